The molecule has 0 spiro atoms. The van der Waals surface area contributed by atoms with Gasteiger partial charge in [0, 0.05) is 25.5 Å². The van der Waals surface area contributed by atoms with E-state index in [0.29, 0.717) is 18.4 Å². The third kappa shape index (κ3) is 1.38. The number of hydrogen-bond acceptors (Lipinski definition) is 2. The standard InChI is InChI=1S/C8H13NO2/c10-8-4-6(5-9-8)7-2-1-3-11-7/h6-7H,1-5H2,(H,9,10). The molecule has 2 rings (SSSR count). The fourth-order valence-electron chi connectivity index (χ4n) is 1.86. The van der Waals surface area contributed by atoms with Gasteiger partial charge in [-0.2, -0.15) is 0 Å². The molecule has 2 heterocycles. The lowest BCUT2D eigenvalue weighted by molar-refractivity contribution is -0.119. The molecule has 2 aliphatic rings. The molecule has 0 aromatic carbocycles. The number of rotatable bonds is 1. The van der Waals surface area contributed by atoms with E-state index in [0.717, 1.165) is 26.0 Å². The fraction of sp³-hybridized carbons (Fsp3) is 0.875. The summed E-state index contributed by atoms with van der Waals surface area (Å²) in [5.41, 5.74) is 0. The Morgan fingerprint density at radius 3 is 3.00 bits per heavy atom. The van der Waals surface area contributed by atoms with Crippen molar-refractivity contribution in [2.45, 2.75) is 25.4 Å². The average molecular weight is 155 g/mol. The van der Waals surface area contributed by atoms with Crippen LogP contribution < -0.4 is 5.32 Å². The number of amides is 1. The molecule has 62 valence electrons. The van der Waals surface area contributed by atoms with Gasteiger partial charge in [-0.25, -0.2) is 0 Å². The van der Waals surface area contributed by atoms with Gasteiger partial charge in [-0.15, -0.1) is 0 Å². The molecule has 0 bridgehead atoms. The SMILES string of the molecule is O=C1CC(C2CCCO2)CN1. The Balaban J connectivity index is 1.90. The van der Waals surface area contributed by atoms with Crippen molar-refractivity contribution in [1.82, 2.24) is 5.32 Å². The Hall–Kier alpha value is -0.570. The maximum Gasteiger partial charge on any atom is 0.220 e. The van der Waals surface area contributed by atoms with E-state index in [4.69, 9.17) is 4.74 Å². The molecule has 0 aromatic heterocycles. The van der Waals surface area contributed by atoms with Crippen LogP contribution >= 0.6 is 0 Å². The first-order valence-electron chi connectivity index (χ1n) is 4.24. The first kappa shape index (κ1) is 7.10. The van der Waals surface area contributed by atoms with Crippen LogP contribution in [-0.2, 0) is 9.53 Å². The predicted octanol–water partition coefficient (Wildman–Crippen LogP) is 0.301. The Morgan fingerprint density at radius 2 is 2.45 bits per heavy atom. The topological polar surface area (TPSA) is 38.3 Å². The van der Waals surface area contributed by atoms with Gasteiger partial charge < -0.3 is 10.1 Å². The van der Waals surface area contributed by atoms with Crippen molar-refractivity contribution in [3.63, 3.8) is 0 Å². The third-order valence-electron chi connectivity index (χ3n) is 2.50. The minimum absolute atomic E-state index is 0.186. The van der Waals surface area contributed by atoms with Crippen molar-refractivity contribution in [1.29, 1.82) is 0 Å². The van der Waals surface area contributed by atoms with Gasteiger partial charge >= 0.3 is 0 Å². The van der Waals surface area contributed by atoms with Gasteiger partial charge in [-0.1, -0.05) is 0 Å². The van der Waals surface area contributed by atoms with Crippen LogP contribution in [0.4, 0.5) is 0 Å². The van der Waals surface area contributed by atoms with E-state index in [9.17, 15) is 4.79 Å². The number of carbonyl (C=O) groups is 1. The Morgan fingerprint density at radius 1 is 1.55 bits per heavy atom. The van der Waals surface area contributed by atoms with Gasteiger partial charge in [-0.05, 0) is 12.8 Å². The Labute approximate surface area is 66.1 Å². The monoisotopic (exact) mass is 155 g/mol. The summed E-state index contributed by atoms with van der Waals surface area (Å²) < 4.78 is 5.49. The van der Waals surface area contributed by atoms with E-state index in [1.54, 1.807) is 0 Å². The van der Waals surface area contributed by atoms with E-state index in [1.807, 2.05) is 0 Å². The van der Waals surface area contributed by atoms with Gasteiger partial charge in [0.25, 0.3) is 0 Å². The van der Waals surface area contributed by atoms with Crippen LogP contribution in [0.25, 0.3) is 0 Å². The lowest BCUT2D eigenvalue weighted by atomic mass is 9.99. The highest BCUT2D eigenvalue weighted by molar-refractivity contribution is 5.78. The van der Waals surface area contributed by atoms with Crippen LogP contribution in [-0.4, -0.2) is 25.2 Å². The van der Waals surface area contributed by atoms with Gasteiger partial charge in [-0.3, -0.25) is 4.79 Å². The molecular weight excluding hydrogens is 142 g/mol. The number of nitrogens with one attached hydrogen (secondary N) is 1. The second-order valence-electron chi connectivity index (χ2n) is 3.32. The van der Waals surface area contributed by atoms with Crippen molar-refractivity contribution in [2.75, 3.05) is 13.2 Å². The van der Waals surface area contributed by atoms with E-state index in [-0.39, 0.29) is 5.91 Å². The average Bonchev–Trinajstić information content (AvgIpc) is 2.55. The second kappa shape index (κ2) is 2.81. The Kier molecular flexibility index (Phi) is 1.82. The maximum absolute atomic E-state index is 10.8. The normalized spacial score (nSPS) is 37.6. The quantitative estimate of drug-likeness (QED) is 0.591. The summed E-state index contributed by atoms with van der Waals surface area (Å²) in [7, 11) is 0. The molecule has 0 aliphatic carbocycles. The Bertz CT molecular complexity index is 163. The fourth-order valence-corrected chi connectivity index (χ4v) is 1.86. The third-order valence-corrected chi connectivity index (χ3v) is 2.50. The number of ether oxygens (including phenoxy) is 1. The van der Waals surface area contributed by atoms with Gasteiger partial charge in [0.2, 0.25) is 5.91 Å². The molecule has 2 saturated heterocycles. The minimum atomic E-state index is 0.186. The molecule has 3 nitrogen and oxygen atoms in total. The van der Waals surface area contributed by atoms with Crippen LogP contribution in [0.5, 0.6) is 0 Å². The molecule has 3 heteroatoms. The van der Waals surface area contributed by atoms with Crippen molar-refractivity contribution in [3.8, 4) is 0 Å². The van der Waals surface area contributed by atoms with Crippen LogP contribution in [0.3, 0.4) is 0 Å². The molecule has 2 unspecified atom stereocenters. The molecule has 0 saturated carbocycles. The number of carbonyl (C=O) groups excluding carboxylic acids is 1. The summed E-state index contributed by atoms with van der Waals surface area (Å²) in [6.45, 7) is 1.71. The molecule has 0 aromatic rings. The van der Waals surface area contributed by atoms with Crippen molar-refractivity contribution >= 4 is 5.91 Å². The van der Waals surface area contributed by atoms with E-state index in [1.165, 1.54) is 0 Å². The summed E-state index contributed by atoms with van der Waals surface area (Å²) >= 11 is 0. The number of hydrogen-bond donors (Lipinski definition) is 1. The highest BCUT2D eigenvalue weighted by atomic mass is 16.5. The molecule has 11 heavy (non-hydrogen) atoms. The molecule has 1 amide bonds. The van der Waals surface area contributed by atoms with E-state index < -0.39 is 0 Å². The highest BCUT2D eigenvalue weighted by Crippen LogP contribution is 2.24. The first-order chi connectivity index (χ1) is 5.36. The summed E-state index contributed by atoms with van der Waals surface area (Å²) in [6.07, 6.45) is 3.33. The zero-order chi connectivity index (χ0) is 7.68. The van der Waals surface area contributed by atoms with Crippen LogP contribution in [0.15, 0.2) is 0 Å². The molecular formula is C8H13NO2. The molecule has 0 radical (unpaired) electrons. The molecule has 2 atom stereocenters. The van der Waals surface area contributed by atoms with Crippen molar-refractivity contribution < 1.29 is 9.53 Å². The molecule has 2 aliphatic heterocycles. The predicted molar refractivity (Wildman–Crippen MR) is 40.1 cm³/mol. The zero-order valence-corrected chi connectivity index (χ0v) is 6.51. The smallest absolute Gasteiger partial charge is 0.220 e. The lowest BCUT2D eigenvalue weighted by Gasteiger charge is -2.14. The van der Waals surface area contributed by atoms with Gasteiger partial charge in [0.1, 0.15) is 0 Å². The van der Waals surface area contributed by atoms with Crippen molar-refractivity contribution in [2.24, 2.45) is 5.92 Å². The van der Waals surface area contributed by atoms with Gasteiger partial charge in [0.05, 0.1) is 6.10 Å². The van der Waals surface area contributed by atoms with Crippen LogP contribution in [0, 0.1) is 5.92 Å². The first-order valence-corrected chi connectivity index (χ1v) is 4.24. The summed E-state index contributed by atoms with van der Waals surface area (Å²) in [6, 6.07) is 0. The highest BCUT2D eigenvalue weighted by Gasteiger charge is 2.31. The van der Waals surface area contributed by atoms with E-state index in [2.05, 4.69) is 5.32 Å². The van der Waals surface area contributed by atoms with E-state index >= 15 is 0 Å². The van der Waals surface area contributed by atoms with Crippen molar-refractivity contribution in [3.05, 3.63) is 0 Å². The summed E-state index contributed by atoms with van der Waals surface area (Å²) in [4.78, 5) is 10.8. The molecule has 1 N–H and O–H groups in total. The summed E-state index contributed by atoms with van der Waals surface area (Å²) in [5, 5.41) is 2.83. The van der Waals surface area contributed by atoms with Gasteiger partial charge in [0.15, 0.2) is 0 Å². The largest absolute Gasteiger partial charge is 0.378 e. The maximum atomic E-state index is 10.8. The van der Waals surface area contributed by atoms with Crippen LogP contribution in [0.2, 0.25) is 0 Å². The zero-order valence-electron chi connectivity index (χ0n) is 6.51. The lowest BCUT2D eigenvalue weighted by Crippen LogP contribution is -2.21. The summed E-state index contributed by atoms with van der Waals surface area (Å²) in [5.74, 6) is 0.635. The second-order valence-corrected chi connectivity index (χ2v) is 3.32. The van der Waals surface area contributed by atoms with Crippen LogP contribution in [0.1, 0.15) is 19.3 Å². The molecule has 2 fully saturated rings. The minimum Gasteiger partial charge on any atom is -0.378 e.